The van der Waals surface area contributed by atoms with Gasteiger partial charge in [0.2, 0.25) is 0 Å². The molecule has 0 bridgehead atoms. The van der Waals surface area contributed by atoms with Crippen LogP contribution in [0.1, 0.15) is 41.5 Å². The molecule has 1 aliphatic carbocycles. The Bertz CT molecular complexity index is 382. The number of esters is 1. The molecule has 4 nitrogen and oxygen atoms in total. The number of nitrogens with zero attached hydrogens (tertiary/aromatic N) is 2. The standard InChI is InChI=1S/C11H16N2O2/c1-3-15-11(14)10-8-6-4-5-7-9(8)12-13(10)2/h3-7H2,1-2H3. The van der Waals surface area contributed by atoms with E-state index in [1.54, 1.807) is 4.68 Å². The average molecular weight is 208 g/mol. The molecule has 0 spiro atoms. The van der Waals surface area contributed by atoms with Crippen LogP contribution in [0, 0.1) is 0 Å². The van der Waals surface area contributed by atoms with E-state index in [2.05, 4.69) is 5.10 Å². The highest BCUT2D eigenvalue weighted by Gasteiger charge is 2.24. The van der Waals surface area contributed by atoms with E-state index in [-0.39, 0.29) is 5.97 Å². The summed E-state index contributed by atoms with van der Waals surface area (Å²) >= 11 is 0. The third-order valence-electron chi connectivity index (χ3n) is 2.79. The summed E-state index contributed by atoms with van der Waals surface area (Å²) in [5.74, 6) is -0.240. The van der Waals surface area contributed by atoms with E-state index in [4.69, 9.17) is 4.74 Å². The number of fused-ring (bicyclic) bond motifs is 1. The number of carbonyl (C=O) groups excluding carboxylic acids is 1. The van der Waals surface area contributed by atoms with Gasteiger partial charge in [-0.15, -0.1) is 0 Å². The number of carbonyl (C=O) groups is 1. The van der Waals surface area contributed by atoms with Crippen LogP contribution in [0.4, 0.5) is 0 Å². The average Bonchev–Trinajstić information content (AvgIpc) is 2.54. The normalized spacial score (nSPS) is 14.8. The van der Waals surface area contributed by atoms with E-state index in [1.165, 1.54) is 6.42 Å². The Morgan fingerprint density at radius 1 is 1.47 bits per heavy atom. The van der Waals surface area contributed by atoms with Gasteiger partial charge in [-0.25, -0.2) is 4.79 Å². The van der Waals surface area contributed by atoms with Crippen LogP contribution in [0.15, 0.2) is 0 Å². The van der Waals surface area contributed by atoms with Gasteiger partial charge in [0, 0.05) is 12.6 Å². The van der Waals surface area contributed by atoms with Gasteiger partial charge in [0.05, 0.1) is 12.3 Å². The highest BCUT2D eigenvalue weighted by Crippen LogP contribution is 2.23. The SMILES string of the molecule is CCOC(=O)c1c2c(nn1C)CCCC2. The topological polar surface area (TPSA) is 44.1 Å². The Morgan fingerprint density at radius 3 is 2.93 bits per heavy atom. The van der Waals surface area contributed by atoms with Crippen LogP contribution in [0.2, 0.25) is 0 Å². The van der Waals surface area contributed by atoms with Crippen molar-refractivity contribution in [3.8, 4) is 0 Å². The fourth-order valence-corrected chi connectivity index (χ4v) is 2.14. The molecule has 0 N–H and O–H groups in total. The van der Waals surface area contributed by atoms with Gasteiger partial charge in [0.1, 0.15) is 5.69 Å². The maximum atomic E-state index is 11.7. The number of aryl methyl sites for hydroxylation is 2. The lowest BCUT2D eigenvalue weighted by atomic mass is 9.96. The molecular weight excluding hydrogens is 192 g/mol. The van der Waals surface area contributed by atoms with Crippen molar-refractivity contribution in [1.82, 2.24) is 9.78 Å². The van der Waals surface area contributed by atoms with Crippen molar-refractivity contribution in [2.45, 2.75) is 32.6 Å². The molecule has 82 valence electrons. The van der Waals surface area contributed by atoms with Gasteiger partial charge in [-0.1, -0.05) is 0 Å². The van der Waals surface area contributed by atoms with Crippen molar-refractivity contribution in [2.24, 2.45) is 7.05 Å². The first-order valence-electron chi connectivity index (χ1n) is 5.46. The summed E-state index contributed by atoms with van der Waals surface area (Å²) in [6.07, 6.45) is 4.26. The Balaban J connectivity index is 2.37. The minimum Gasteiger partial charge on any atom is -0.461 e. The Hall–Kier alpha value is -1.32. The van der Waals surface area contributed by atoms with E-state index in [9.17, 15) is 4.79 Å². The molecule has 0 aliphatic heterocycles. The fraction of sp³-hybridized carbons (Fsp3) is 0.636. The van der Waals surface area contributed by atoms with E-state index in [0.29, 0.717) is 12.3 Å². The van der Waals surface area contributed by atoms with Crippen LogP contribution in [-0.2, 0) is 24.6 Å². The second kappa shape index (κ2) is 4.04. The summed E-state index contributed by atoms with van der Waals surface area (Å²) < 4.78 is 6.69. The first-order valence-corrected chi connectivity index (χ1v) is 5.46. The number of rotatable bonds is 2. The Kier molecular flexibility index (Phi) is 2.75. The molecule has 1 aromatic heterocycles. The monoisotopic (exact) mass is 208 g/mol. The quantitative estimate of drug-likeness (QED) is 0.691. The molecule has 15 heavy (non-hydrogen) atoms. The minimum atomic E-state index is -0.240. The third-order valence-corrected chi connectivity index (χ3v) is 2.79. The van der Waals surface area contributed by atoms with Gasteiger partial charge >= 0.3 is 5.97 Å². The van der Waals surface area contributed by atoms with Crippen LogP contribution in [-0.4, -0.2) is 22.4 Å². The lowest BCUT2D eigenvalue weighted by Crippen LogP contribution is -2.13. The Labute approximate surface area is 89.2 Å². The van der Waals surface area contributed by atoms with Crippen LogP contribution in [0.25, 0.3) is 0 Å². The van der Waals surface area contributed by atoms with E-state index in [0.717, 1.165) is 30.5 Å². The smallest absolute Gasteiger partial charge is 0.356 e. The van der Waals surface area contributed by atoms with Crippen molar-refractivity contribution >= 4 is 5.97 Å². The highest BCUT2D eigenvalue weighted by atomic mass is 16.5. The van der Waals surface area contributed by atoms with Gasteiger partial charge in [-0.3, -0.25) is 4.68 Å². The van der Waals surface area contributed by atoms with E-state index >= 15 is 0 Å². The molecule has 2 rings (SSSR count). The number of hydrogen-bond acceptors (Lipinski definition) is 3. The Morgan fingerprint density at radius 2 is 2.20 bits per heavy atom. The van der Waals surface area contributed by atoms with Crippen molar-refractivity contribution in [1.29, 1.82) is 0 Å². The summed E-state index contributed by atoms with van der Waals surface area (Å²) in [5, 5.41) is 4.37. The summed E-state index contributed by atoms with van der Waals surface area (Å²) in [4.78, 5) is 11.7. The molecule has 0 radical (unpaired) electrons. The fourth-order valence-electron chi connectivity index (χ4n) is 2.14. The van der Waals surface area contributed by atoms with Gasteiger partial charge in [0.15, 0.2) is 0 Å². The van der Waals surface area contributed by atoms with E-state index in [1.807, 2.05) is 14.0 Å². The van der Waals surface area contributed by atoms with Crippen LogP contribution < -0.4 is 0 Å². The van der Waals surface area contributed by atoms with Crippen LogP contribution >= 0.6 is 0 Å². The number of ether oxygens (including phenoxy) is 1. The molecule has 1 aliphatic rings. The molecule has 4 heteroatoms. The molecule has 0 atom stereocenters. The zero-order chi connectivity index (χ0) is 10.8. The molecule has 0 saturated carbocycles. The molecule has 1 heterocycles. The lowest BCUT2D eigenvalue weighted by Gasteiger charge is -2.10. The van der Waals surface area contributed by atoms with Crippen molar-refractivity contribution in [3.63, 3.8) is 0 Å². The van der Waals surface area contributed by atoms with Crippen LogP contribution in [0.5, 0.6) is 0 Å². The highest BCUT2D eigenvalue weighted by molar-refractivity contribution is 5.89. The summed E-state index contributed by atoms with van der Waals surface area (Å²) in [7, 11) is 1.81. The van der Waals surface area contributed by atoms with E-state index < -0.39 is 0 Å². The second-order valence-corrected chi connectivity index (χ2v) is 3.83. The predicted octanol–water partition coefficient (Wildman–Crippen LogP) is 1.48. The van der Waals surface area contributed by atoms with Crippen LogP contribution in [0.3, 0.4) is 0 Å². The number of aromatic nitrogens is 2. The third kappa shape index (κ3) is 1.76. The number of hydrogen-bond donors (Lipinski definition) is 0. The zero-order valence-electron chi connectivity index (χ0n) is 9.25. The van der Waals surface area contributed by atoms with Gasteiger partial charge < -0.3 is 4.74 Å². The van der Waals surface area contributed by atoms with Gasteiger partial charge in [0.25, 0.3) is 0 Å². The second-order valence-electron chi connectivity index (χ2n) is 3.83. The maximum Gasteiger partial charge on any atom is 0.356 e. The molecule has 0 fully saturated rings. The summed E-state index contributed by atoms with van der Waals surface area (Å²) in [6.45, 7) is 2.24. The first-order chi connectivity index (χ1) is 7.24. The molecule has 0 amide bonds. The first kappa shape index (κ1) is 10.2. The van der Waals surface area contributed by atoms with Crippen molar-refractivity contribution < 1.29 is 9.53 Å². The molecule has 0 unspecified atom stereocenters. The maximum absolute atomic E-state index is 11.7. The van der Waals surface area contributed by atoms with Crippen molar-refractivity contribution in [3.05, 3.63) is 17.0 Å². The molecule has 0 aromatic carbocycles. The lowest BCUT2D eigenvalue weighted by molar-refractivity contribution is 0.0512. The molecule has 0 saturated heterocycles. The summed E-state index contributed by atoms with van der Waals surface area (Å²) in [6, 6.07) is 0. The predicted molar refractivity (Wildman–Crippen MR) is 55.8 cm³/mol. The zero-order valence-corrected chi connectivity index (χ0v) is 9.25. The van der Waals surface area contributed by atoms with Gasteiger partial charge in [-0.05, 0) is 32.6 Å². The largest absolute Gasteiger partial charge is 0.461 e. The minimum absolute atomic E-state index is 0.240. The van der Waals surface area contributed by atoms with Crippen molar-refractivity contribution in [2.75, 3.05) is 6.61 Å². The van der Waals surface area contributed by atoms with Gasteiger partial charge in [-0.2, -0.15) is 5.10 Å². The molecule has 1 aromatic rings. The molecular formula is C11H16N2O2. The summed E-state index contributed by atoms with van der Waals surface area (Å²) in [5.41, 5.74) is 2.82.